The van der Waals surface area contributed by atoms with Crippen LogP contribution in [0.25, 0.3) is 0 Å². The Bertz CT molecular complexity index is 1040. The van der Waals surface area contributed by atoms with Gasteiger partial charge in [-0.05, 0) is 55.2 Å². The molecule has 0 aliphatic carbocycles. The van der Waals surface area contributed by atoms with Crippen LogP contribution < -0.4 is 10.6 Å². The van der Waals surface area contributed by atoms with E-state index >= 15 is 0 Å². The van der Waals surface area contributed by atoms with Crippen molar-refractivity contribution in [3.05, 3.63) is 34.3 Å². The molecule has 1 fully saturated rings. The summed E-state index contributed by atoms with van der Waals surface area (Å²) in [5.41, 5.74) is 0.00992. The summed E-state index contributed by atoms with van der Waals surface area (Å²) in [6, 6.07) is 4.08. The summed E-state index contributed by atoms with van der Waals surface area (Å²) in [4.78, 5) is 51.8. The monoisotopic (exact) mass is 571 g/mol. The van der Waals surface area contributed by atoms with Crippen molar-refractivity contribution >= 4 is 46.7 Å². The lowest BCUT2D eigenvalue weighted by atomic mass is 9.87. The van der Waals surface area contributed by atoms with Gasteiger partial charge in [0.2, 0.25) is 5.91 Å². The lowest BCUT2D eigenvalue weighted by Gasteiger charge is -2.39. The molecule has 1 heterocycles. The van der Waals surface area contributed by atoms with Crippen molar-refractivity contribution in [2.45, 2.75) is 79.3 Å². The quantitative estimate of drug-likeness (QED) is 0.379. The molecule has 12 heteroatoms. The average Bonchev–Trinajstić information content (AvgIpc) is 2.78. The van der Waals surface area contributed by atoms with Crippen LogP contribution in [0.3, 0.4) is 0 Å². The molecule has 2 N–H and O–H groups in total. The third-order valence-electron chi connectivity index (χ3n) is 5.60. The van der Waals surface area contributed by atoms with E-state index < -0.39 is 58.2 Å². The number of alkyl carbamates (subject to hydrolysis) is 1. The van der Waals surface area contributed by atoms with Crippen LogP contribution in [0.15, 0.2) is 18.2 Å². The summed E-state index contributed by atoms with van der Waals surface area (Å²) in [6.45, 7) is 12.1. The molecule has 0 spiro atoms. The van der Waals surface area contributed by atoms with Gasteiger partial charge in [0.1, 0.15) is 17.1 Å². The largest absolute Gasteiger partial charge is 0.616 e. The van der Waals surface area contributed by atoms with E-state index in [0.717, 1.165) is 0 Å². The van der Waals surface area contributed by atoms with Gasteiger partial charge in [-0.3, -0.25) is 14.4 Å². The van der Waals surface area contributed by atoms with Gasteiger partial charge in [-0.25, -0.2) is 4.79 Å². The van der Waals surface area contributed by atoms with Crippen LogP contribution in [0.5, 0.6) is 0 Å². The van der Waals surface area contributed by atoms with Gasteiger partial charge in [0, 0.05) is 30.5 Å². The summed E-state index contributed by atoms with van der Waals surface area (Å²) < 4.78 is 22.9. The number of nitrogens with zero attached hydrogens (tertiary/aromatic N) is 1. The van der Waals surface area contributed by atoms with Crippen molar-refractivity contribution in [3.8, 4) is 0 Å². The van der Waals surface area contributed by atoms with Crippen molar-refractivity contribution in [1.82, 2.24) is 15.5 Å². The second kappa shape index (κ2) is 13.0. The number of amides is 3. The summed E-state index contributed by atoms with van der Waals surface area (Å²) in [6.07, 6.45) is -1.68. The normalized spacial score (nSPS) is 18.8. The number of hydrogen-bond donors (Lipinski definition) is 2. The Labute approximate surface area is 232 Å². The first-order valence-electron chi connectivity index (χ1n) is 12.3. The van der Waals surface area contributed by atoms with Gasteiger partial charge < -0.3 is 29.6 Å². The Morgan fingerprint density at radius 1 is 1.11 bits per heavy atom. The summed E-state index contributed by atoms with van der Waals surface area (Å²) in [5, 5.41) is 5.94. The molecule has 2 unspecified atom stereocenters. The molecule has 1 aromatic rings. The predicted molar refractivity (Wildman–Crippen MR) is 145 cm³/mol. The molecule has 38 heavy (non-hydrogen) atoms. The fourth-order valence-corrected chi connectivity index (χ4v) is 5.26. The average molecular weight is 572 g/mol. The zero-order chi connectivity index (χ0) is 28.8. The molecule has 3 atom stereocenters. The molecule has 3 amide bonds. The number of carbonyl (C=O) groups is 4. The third kappa shape index (κ3) is 9.67. The molecular weight excluding hydrogens is 534 g/mol. The second-order valence-electron chi connectivity index (χ2n) is 11.2. The zero-order valence-electron chi connectivity index (χ0n) is 23.0. The van der Waals surface area contributed by atoms with Gasteiger partial charge in [0.25, 0.3) is 5.91 Å². The molecule has 1 aromatic carbocycles. The Morgan fingerprint density at radius 3 is 2.32 bits per heavy atom. The number of ether oxygens (including phenoxy) is 2. The summed E-state index contributed by atoms with van der Waals surface area (Å²) >= 11 is 4.88. The van der Waals surface area contributed by atoms with E-state index in [-0.39, 0.29) is 31.1 Å². The first-order chi connectivity index (χ1) is 17.5. The Kier molecular flexibility index (Phi) is 10.9. The Hall–Kier alpha value is -2.50. The van der Waals surface area contributed by atoms with Gasteiger partial charge in [0.15, 0.2) is 12.1 Å². The fraction of sp³-hybridized carbons (Fsp3) is 0.615. The van der Waals surface area contributed by atoms with Crippen LogP contribution in [0.1, 0.15) is 59.6 Å². The number of rotatable bonds is 7. The van der Waals surface area contributed by atoms with Crippen molar-refractivity contribution < 1.29 is 33.2 Å². The number of carbonyl (C=O) groups excluding carboxylic acids is 4. The van der Waals surface area contributed by atoms with Gasteiger partial charge >= 0.3 is 12.1 Å². The summed E-state index contributed by atoms with van der Waals surface area (Å²) in [5.74, 6) is -1.41. The topological polar surface area (TPSA) is 137 Å². The maximum atomic E-state index is 13.4. The zero-order valence-corrected chi connectivity index (χ0v) is 24.6. The predicted octanol–water partition coefficient (Wildman–Crippen LogP) is 2.92. The van der Waals surface area contributed by atoms with E-state index in [1.807, 2.05) is 0 Å². The molecule has 10 nitrogen and oxygen atoms in total. The van der Waals surface area contributed by atoms with Crippen molar-refractivity contribution in [3.63, 3.8) is 0 Å². The van der Waals surface area contributed by atoms with Crippen molar-refractivity contribution in [2.75, 3.05) is 18.1 Å². The molecule has 0 bridgehead atoms. The SMILES string of the molecule is CC(=O)O[C@@H](C(=O)N1CC[S+]([O-])CC1C(=O)NCc1cc(Cl)ccc1CNC(=O)OC(C)(C)C)C(C)(C)C. The first-order valence-corrected chi connectivity index (χ1v) is 14.2. The van der Waals surface area contributed by atoms with E-state index in [0.29, 0.717) is 16.1 Å². The van der Waals surface area contributed by atoms with Crippen molar-refractivity contribution in [2.24, 2.45) is 5.41 Å². The number of benzene rings is 1. The number of esters is 1. The fourth-order valence-electron chi connectivity index (χ4n) is 3.81. The lowest BCUT2D eigenvalue weighted by molar-refractivity contribution is -0.167. The van der Waals surface area contributed by atoms with Crippen LogP contribution in [0, 0.1) is 5.41 Å². The van der Waals surface area contributed by atoms with Crippen LogP contribution in [0.2, 0.25) is 5.02 Å². The van der Waals surface area contributed by atoms with Crippen LogP contribution in [-0.4, -0.2) is 69.1 Å². The highest BCUT2D eigenvalue weighted by molar-refractivity contribution is 7.91. The maximum absolute atomic E-state index is 13.4. The molecular formula is C26H38ClN3O7S. The van der Waals surface area contributed by atoms with Crippen molar-refractivity contribution in [1.29, 1.82) is 0 Å². The minimum Gasteiger partial charge on any atom is -0.616 e. The lowest BCUT2D eigenvalue weighted by Crippen LogP contribution is -2.61. The molecule has 212 valence electrons. The number of halogens is 1. The minimum absolute atomic E-state index is 0.0306. The van der Waals surface area contributed by atoms with E-state index in [9.17, 15) is 23.7 Å². The van der Waals surface area contributed by atoms with Gasteiger partial charge in [-0.2, -0.15) is 0 Å². The van der Waals surface area contributed by atoms with Gasteiger partial charge in [0.05, 0.1) is 6.54 Å². The minimum atomic E-state index is -1.29. The van der Waals surface area contributed by atoms with E-state index in [1.165, 1.54) is 11.8 Å². The van der Waals surface area contributed by atoms with Crippen LogP contribution in [-0.2, 0) is 48.1 Å². The van der Waals surface area contributed by atoms with Gasteiger partial charge in [-0.1, -0.05) is 38.4 Å². The molecule has 0 saturated carbocycles. The maximum Gasteiger partial charge on any atom is 0.407 e. The summed E-state index contributed by atoms with van der Waals surface area (Å²) in [7, 11) is 0. The van der Waals surface area contributed by atoms with E-state index in [1.54, 1.807) is 59.7 Å². The number of nitrogens with one attached hydrogen (secondary N) is 2. The third-order valence-corrected chi connectivity index (χ3v) is 7.16. The molecule has 2 rings (SSSR count). The molecule has 0 radical (unpaired) electrons. The first kappa shape index (κ1) is 31.7. The van der Waals surface area contributed by atoms with E-state index in [4.69, 9.17) is 21.1 Å². The van der Waals surface area contributed by atoms with Crippen LogP contribution >= 0.6 is 11.6 Å². The number of hydrogen-bond acceptors (Lipinski definition) is 7. The molecule has 1 aliphatic heterocycles. The second-order valence-corrected chi connectivity index (χ2v) is 13.3. The van der Waals surface area contributed by atoms with Crippen LogP contribution in [0.4, 0.5) is 4.79 Å². The highest BCUT2D eigenvalue weighted by atomic mass is 35.5. The van der Waals surface area contributed by atoms with Gasteiger partial charge in [-0.15, -0.1) is 0 Å². The highest BCUT2D eigenvalue weighted by Crippen LogP contribution is 2.27. The standard InChI is InChI=1S/C26H38ClN3O7S/c1-16(31)36-21(25(2,3)4)23(33)30-10-11-38(35)15-20(30)22(32)28-14-18-12-19(27)9-8-17(18)13-29-24(34)37-26(5,6)7/h8-9,12,20-21H,10-11,13-15H2,1-7H3,(H,28,32)(H,29,34)/t20?,21-,38?/m0/s1. The molecule has 0 aromatic heterocycles. The Morgan fingerprint density at radius 2 is 1.74 bits per heavy atom. The Balaban J connectivity index is 2.17. The molecule has 1 saturated heterocycles. The highest BCUT2D eigenvalue weighted by Gasteiger charge is 2.44. The molecule has 1 aliphatic rings. The van der Waals surface area contributed by atoms with E-state index in [2.05, 4.69) is 10.6 Å². The smallest absolute Gasteiger partial charge is 0.407 e.